The number of aromatic nitrogens is 1. The number of rotatable bonds is 13. The van der Waals surface area contributed by atoms with Crippen LogP contribution in [0.15, 0.2) is 66.9 Å². The highest BCUT2D eigenvalue weighted by Crippen LogP contribution is 2.49. The molecule has 2 amide bonds. The largest absolute Gasteiger partial charge is 0.493 e. The van der Waals surface area contributed by atoms with Gasteiger partial charge in [0.2, 0.25) is 11.8 Å². The van der Waals surface area contributed by atoms with E-state index >= 15 is 4.39 Å². The maximum Gasteiger partial charge on any atom is 0.242 e. The maximum absolute atomic E-state index is 15.4. The number of hydrogen-bond acceptors (Lipinski definition) is 8. The van der Waals surface area contributed by atoms with Crippen LogP contribution in [0.2, 0.25) is 0 Å². The predicted octanol–water partition coefficient (Wildman–Crippen LogP) is 6.58. The minimum atomic E-state index is -1.29. The summed E-state index contributed by atoms with van der Waals surface area (Å²) in [7, 11) is 1.55. The fourth-order valence-corrected chi connectivity index (χ4v) is 5.96. The van der Waals surface area contributed by atoms with Crippen LogP contribution >= 0.6 is 0 Å². The molecule has 0 radical (unpaired) electrons. The number of carbonyl (C=O) groups is 2. The number of morpholine rings is 1. The first-order chi connectivity index (χ1) is 23.7. The average molecular weight is 675 g/mol. The summed E-state index contributed by atoms with van der Waals surface area (Å²) < 4.78 is 52.0. The minimum absolute atomic E-state index is 0.0626. The summed E-state index contributed by atoms with van der Waals surface area (Å²) in [6.45, 7) is 8.41. The molecule has 0 unspecified atom stereocenters. The highest BCUT2D eigenvalue weighted by Gasteiger charge is 2.58. The fourth-order valence-electron chi connectivity index (χ4n) is 5.96. The summed E-state index contributed by atoms with van der Waals surface area (Å²) >= 11 is 0. The number of methoxy groups -OCH3 is 1. The Hall–Kier alpha value is -4.81. The van der Waals surface area contributed by atoms with Crippen LogP contribution in [0.3, 0.4) is 0 Å². The van der Waals surface area contributed by atoms with Crippen molar-refractivity contribution in [1.82, 2.24) is 9.88 Å². The molecule has 1 saturated heterocycles. The van der Waals surface area contributed by atoms with Crippen LogP contribution in [0.25, 0.3) is 10.9 Å². The highest BCUT2D eigenvalue weighted by molar-refractivity contribution is 6.17. The second-order valence-electron chi connectivity index (χ2n) is 12.5. The van der Waals surface area contributed by atoms with Gasteiger partial charge in [0.1, 0.15) is 17.0 Å². The van der Waals surface area contributed by atoms with E-state index in [9.17, 15) is 14.0 Å². The van der Waals surface area contributed by atoms with Gasteiger partial charge in [-0.1, -0.05) is 0 Å². The van der Waals surface area contributed by atoms with Gasteiger partial charge >= 0.3 is 0 Å². The van der Waals surface area contributed by atoms with Crippen LogP contribution in [-0.2, 0) is 14.3 Å². The van der Waals surface area contributed by atoms with Crippen molar-refractivity contribution in [3.8, 4) is 23.0 Å². The topological polar surface area (TPSA) is 102 Å². The molecule has 258 valence electrons. The molecule has 1 aliphatic carbocycles. The normalized spacial score (nSPS) is 15.6. The van der Waals surface area contributed by atoms with Gasteiger partial charge in [0.25, 0.3) is 0 Å². The average Bonchev–Trinajstić information content (AvgIpc) is 3.91. The second-order valence-corrected chi connectivity index (χ2v) is 12.5. The van der Waals surface area contributed by atoms with E-state index in [1.165, 1.54) is 41.3 Å². The zero-order chi connectivity index (χ0) is 34.5. The van der Waals surface area contributed by atoms with E-state index < -0.39 is 23.0 Å². The lowest BCUT2D eigenvalue weighted by Gasteiger charge is -2.30. The van der Waals surface area contributed by atoms with Gasteiger partial charge in [0.15, 0.2) is 23.1 Å². The van der Waals surface area contributed by atoms with Crippen molar-refractivity contribution in [2.45, 2.75) is 39.2 Å². The summed E-state index contributed by atoms with van der Waals surface area (Å²) in [5.74, 6) is -0.694. The van der Waals surface area contributed by atoms with E-state index in [2.05, 4.69) is 15.2 Å². The first-order valence-corrected chi connectivity index (χ1v) is 16.5. The van der Waals surface area contributed by atoms with Crippen LogP contribution in [0, 0.1) is 17.0 Å². The summed E-state index contributed by atoms with van der Waals surface area (Å²) in [6, 6.07) is 14.5. The number of carbonyl (C=O) groups excluding carboxylic acids is 2. The lowest BCUT2D eigenvalue weighted by atomic mass is 10.0. The Bertz CT molecular complexity index is 1810. The van der Waals surface area contributed by atoms with Crippen molar-refractivity contribution in [2.75, 3.05) is 56.8 Å². The molecular weight excluding hydrogens is 634 g/mol. The standard InChI is InChI=1S/C37H40F2N4O6/c1-24(2)43(27-8-5-25(38)6-9-27)36(45)37(12-13-37)35(44)41-26-7-10-32(29(39)21-26)49-31-11-14-40-30-23-34(33(46-3)22-28(30)31)48-18-4-15-42-16-19-47-20-17-42/h5-11,14,21-24H,4,12-13,15-20H2,1-3H3,(H,41,44). The van der Waals surface area contributed by atoms with Crippen molar-refractivity contribution in [3.05, 3.63) is 78.5 Å². The lowest BCUT2D eigenvalue weighted by molar-refractivity contribution is -0.132. The smallest absolute Gasteiger partial charge is 0.242 e. The first-order valence-electron chi connectivity index (χ1n) is 16.5. The third kappa shape index (κ3) is 7.60. The fraction of sp³-hybridized carbons (Fsp3) is 0.378. The van der Waals surface area contributed by atoms with Crippen LogP contribution in [0.1, 0.15) is 33.1 Å². The molecular formula is C37H40F2N4O6. The molecule has 3 aromatic carbocycles. The number of benzene rings is 3. The molecule has 0 spiro atoms. The zero-order valence-corrected chi connectivity index (χ0v) is 27.8. The monoisotopic (exact) mass is 674 g/mol. The quantitative estimate of drug-likeness (QED) is 0.126. The molecule has 4 aromatic rings. The van der Waals surface area contributed by atoms with Gasteiger partial charge in [-0.25, -0.2) is 8.78 Å². The Kier molecular flexibility index (Phi) is 10.3. The number of fused-ring (bicyclic) bond motifs is 1. The Labute approximate surface area is 283 Å². The Balaban J connectivity index is 1.12. The molecule has 12 heteroatoms. The summed E-state index contributed by atoms with van der Waals surface area (Å²) in [5, 5.41) is 3.31. The van der Waals surface area contributed by atoms with Crippen molar-refractivity contribution >= 4 is 34.1 Å². The number of nitrogens with one attached hydrogen (secondary N) is 1. The number of nitrogens with zero attached hydrogens (tertiary/aromatic N) is 3. The highest BCUT2D eigenvalue weighted by atomic mass is 19.1. The maximum atomic E-state index is 15.4. The Morgan fingerprint density at radius 1 is 0.980 bits per heavy atom. The van der Waals surface area contributed by atoms with Crippen molar-refractivity contribution in [3.63, 3.8) is 0 Å². The van der Waals surface area contributed by atoms with Crippen molar-refractivity contribution in [1.29, 1.82) is 0 Å². The molecule has 2 aliphatic rings. The summed E-state index contributed by atoms with van der Waals surface area (Å²) in [6.07, 6.45) is 3.12. The van der Waals surface area contributed by atoms with E-state index in [0.29, 0.717) is 53.3 Å². The molecule has 2 heterocycles. The van der Waals surface area contributed by atoms with Gasteiger partial charge in [0.05, 0.1) is 32.4 Å². The Morgan fingerprint density at radius 3 is 2.41 bits per heavy atom. The molecule has 1 aliphatic heterocycles. The molecule has 0 atom stereocenters. The minimum Gasteiger partial charge on any atom is -0.493 e. The van der Waals surface area contributed by atoms with Crippen molar-refractivity contribution in [2.24, 2.45) is 5.41 Å². The molecule has 10 nitrogen and oxygen atoms in total. The third-order valence-corrected chi connectivity index (χ3v) is 8.81. The van der Waals surface area contributed by atoms with Gasteiger partial charge in [-0.2, -0.15) is 0 Å². The SMILES string of the molecule is COc1cc2c(Oc3ccc(NC(=O)C4(C(=O)N(c5ccc(F)cc5)C(C)C)CC4)cc3F)ccnc2cc1OCCCN1CCOCC1. The van der Waals surface area contributed by atoms with Crippen molar-refractivity contribution < 1.29 is 37.3 Å². The molecule has 49 heavy (non-hydrogen) atoms. The van der Waals surface area contributed by atoms with Gasteiger partial charge in [-0.15, -0.1) is 0 Å². The van der Waals surface area contributed by atoms with Crippen LogP contribution in [0.5, 0.6) is 23.0 Å². The second kappa shape index (κ2) is 14.8. The molecule has 2 fully saturated rings. The van der Waals surface area contributed by atoms with Gasteiger partial charge in [-0.05, 0) is 81.6 Å². The van der Waals surface area contributed by atoms with Gasteiger partial charge in [-0.3, -0.25) is 19.5 Å². The van der Waals surface area contributed by atoms with E-state index in [1.807, 2.05) is 13.8 Å². The van der Waals surface area contributed by atoms with E-state index in [4.69, 9.17) is 18.9 Å². The summed E-state index contributed by atoms with van der Waals surface area (Å²) in [5.41, 5.74) is -0.0211. The number of hydrogen-bond donors (Lipinski definition) is 1. The predicted molar refractivity (Wildman–Crippen MR) is 181 cm³/mol. The molecule has 1 N–H and O–H groups in total. The number of ether oxygens (including phenoxy) is 4. The number of pyridine rings is 1. The lowest BCUT2D eigenvalue weighted by Crippen LogP contribution is -2.46. The van der Waals surface area contributed by atoms with Gasteiger partial charge < -0.3 is 29.2 Å². The van der Waals surface area contributed by atoms with E-state index in [1.54, 1.807) is 31.5 Å². The first kappa shape index (κ1) is 34.1. The molecule has 0 bridgehead atoms. The van der Waals surface area contributed by atoms with Crippen LogP contribution in [0.4, 0.5) is 20.2 Å². The van der Waals surface area contributed by atoms with Gasteiger partial charge in [0, 0.05) is 60.8 Å². The number of amides is 2. The molecule has 1 saturated carbocycles. The zero-order valence-electron chi connectivity index (χ0n) is 27.8. The van der Waals surface area contributed by atoms with E-state index in [-0.39, 0.29) is 23.4 Å². The molecule has 6 rings (SSSR count). The third-order valence-electron chi connectivity index (χ3n) is 8.81. The summed E-state index contributed by atoms with van der Waals surface area (Å²) in [4.78, 5) is 35.4. The molecule has 1 aromatic heterocycles. The number of anilines is 2. The van der Waals surface area contributed by atoms with Crippen LogP contribution in [-0.4, -0.2) is 74.3 Å². The van der Waals surface area contributed by atoms with Crippen LogP contribution < -0.4 is 24.4 Å². The number of halogens is 2. The van der Waals surface area contributed by atoms with E-state index in [0.717, 1.165) is 45.3 Å². The Morgan fingerprint density at radius 2 is 1.73 bits per heavy atom.